The van der Waals surface area contributed by atoms with Gasteiger partial charge in [-0.25, -0.2) is 0 Å². The van der Waals surface area contributed by atoms with Gasteiger partial charge in [0.15, 0.2) is 0 Å². The van der Waals surface area contributed by atoms with E-state index in [0.29, 0.717) is 5.56 Å². The molecule has 2 rings (SSSR count). The van der Waals surface area contributed by atoms with E-state index in [4.69, 9.17) is 0 Å². The molecule has 0 unspecified atom stereocenters. The third-order valence-electron chi connectivity index (χ3n) is 2.52. The molecule has 0 saturated heterocycles. The summed E-state index contributed by atoms with van der Waals surface area (Å²) in [7, 11) is 0. The van der Waals surface area contributed by atoms with E-state index in [2.05, 4.69) is 5.32 Å². The molecule has 1 N–H and O–H groups in total. The van der Waals surface area contributed by atoms with Crippen molar-refractivity contribution in [3.05, 3.63) is 67.5 Å². The molecule has 0 aliphatic heterocycles. The van der Waals surface area contributed by atoms with Gasteiger partial charge in [-0.15, -0.1) is 0 Å². The molecule has 0 fully saturated rings. The van der Waals surface area contributed by atoms with Crippen LogP contribution in [0.1, 0.15) is 10.4 Å². The highest BCUT2D eigenvalue weighted by Crippen LogP contribution is 2.22. The Morgan fingerprint density at radius 1 is 1.25 bits per heavy atom. The first-order valence-electron chi connectivity index (χ1n) is 5.49. The fraction of sp³-hybridized carbons (Fsp3) is 0. The van der Waals surface area contributed by atoms with E-state index in [1.54, 1.807) is 24.3 Å². The molecule has 0 atom stereocenters. The van der Waals surface area contributed by atoms with Gasteiger partial charge in [0.2, 0.25) is 5.82 Å². The minimum absolute atomic E-state index is 0.169. The molecule has 0 radical (unpaired) electrons. The molecule has 0 heterocycles. The van der Waals surface area contributed by atoms with E-state index < -0.39 is 22.3 Å². The predicted octanol–water partition coefficient (Wildman–Crippen LogP) is 3.59. The molecule has 0 aromatic heterocycles. The van der Waals surface area contributed by atoms with E-state index in [-0.39, 0.29) is 5.69 Å². The van der Waals surface area contributed by atoms with Crippen LogP contribution < -0.4 is 5.32 Å². The standard InChI is InChI=1S/C13H8FIN2O3/c14-10-6-5-8(7-12(10)17(19)20)16-13(18)9-3-1-2-4-11(9)15/h1-7H,(H,16,18). The highest BCUT2D eigenvalue weighted by molar-refractivity contribution is 14.1. The maximum absolute atomic E-state index is 13.2. The summed E-state index contributed by atoms with van der Waals surface area (Å²) < 4.78 is 13.9. The quantitative estimate of drug-likeness (QED) is 0.498. The highest BCUT2D eigenvalue weighted by Gasteiger charge is 2.16. The first kappa shape index (κ1) is 14.4. The first-order chi connectivity index (χ1) is 9.49. The van der Waals surface area contributed by atoms with Crippen molar-refractivity contribution >= 4 is 39.9 Å². The van der Waals surface area contributed by atoms with Gasteiger partial charge in [0, 0.05) is 15.3 Å². The second-order valence-corrected chi connectivity index (χ2v) is 5.02. The van der Waals surface area contributed by atoms with E-state index in [1.807, 2.05) is 22.6 Å². The molecule has 102 valence electrons. The molecule has 0 bridgehead atoms. The van der Waals surface area contributed by atoms with Crippen LogP contribution in [0.3, 0.4) is 0 Å². The largest absolute Gasteiger partial charge is 0.322 e. The molecule has 0 aliphatic rings. The Bertz CT molecular complexity index is 691. The molecule has 0 aliphatic carbocycles. The number of anilines is 1. The van der Waals surface area contributed by atoms with E-state index in [1.165, 1.54) is 6.07 Å². The Kier molecular flexibility index (Phi) is 4.28. The zero-order valence-corrected chi connectivity index (χ0v) is 12.1. The van der Waals surface area contributed by atoms with Crippen LogP contribution in [0.2, 0.25) is 0 Å². The van der Waals surface area contributed by atoms with Crippen LogP contribution in [-0.2, 0) is 0 Å². The number of hydrogen-bond acceptors (Lipinski definition) is 3. The third-order valence-corrected chi connectivity index (χ3v) is 3.46. The zero-order chi connectivity index (χ0) is 14.7. The minimum Gasteiger partial charge on any atom is -0.322 e. The maximum atomic E-state index is 13.2. The average molecular weight is 386 g/mol. The lowest BCUT2D eigenvalue weighted by Crippen LogP contribution is -2.13. The Hall–Kier alpha value is -2.03. The van der Waals surface area contributed by atoms with Gasteiger partial charge in [0.05, 0.1) is 10.5 Å². The number of carbonyl (C=O) groups is 1. The van der Waals surface area contributed by atoms with Crippen LogP contribution in [0.25, 0.3) is 0 Å². The monoisotopic (exact) mass is 386 g/mol. The van der Waals surface area contributed by atoms with E-state index >= 15 is 0 Å². The topological polar surface area (TPSA) is 72.2 Å². The number of carbonyl (C=O) groups excluding carboxylic acids is 1. The van der Waals surface area contributed by atoms with Crippen LogP contribution in [-0.4, -0.2) is 10.8 Å². The summed E-state index contributed by atoms with van der Waals surface area (Å²) in [5, 5.41) is 13.1. The van der Waals surface area contributed by atoms with Crippen molar-refractivity contribution in [1.82, 2.24) is 0 Å². The molecular formula is C13H8FIN2O3. The van der Waals surface area contributed by atoms with Crippen molar-refractivity contribution in [2.24, 2.45) is 0 Å². The molecule has 2 aromatic carbocycles. The van der Waals surface area contributed by atoms with Crippen LogP contribution in [0.15, 0.2) is 42.5 Å². The average Bonchev–Trinajstić information content (AvgIpc) is 2.41. The van der Waals surface area contributed by atoms with Gasteiger partial charge < -0.3 is 5.32 Å². The van der Waals surface area contributed by atoms with Gasteiger partial charge in [-0.05, 0) is 46.9 Å². The lowest BCUT2D eigenvalue weighted by Gasteiger charge is -2.06. The maximum Gasteiger partial charge on any atom is 0.306 e. The summed E-state index contributed by atoms with van der Waals surface area (Å²) in [6, 6.07) is 10.1. The second-order valence-electron chi connectivity index (χ2n) is 3.86. The van der Waals surface area contributed by atoms with Crippen LogP contribution in [0, 0.1) is 19.5 Å². The summed E-state index contributed by atoms with van der Waals surface area (Å²) in [5.74, 6) is -1.35. The molecule has 0 spiro atoms. The molecule has 5 nitrogen and oxygen atoms in total. The minimum atomic E-state index is -0.942. The van der Waals surface area contributed by atoms with Crippen LogP contribution in [0.5, 0.6) is 0 Å². The van der Waals surface area contributed by atoms with Gasteiger partial charge in [0.1, 0.15) is 0 Å². The summed E-state index contributed by atoms with van der Waals surface area (Å²) in [5.41, 5.74) is -0.0617. The molecule has 20 heavy (non-hydrogen) atoms. The first-order valence-corrected chi connectivity index (χ1v) is 6.56. The van der Waals surface area contributed by atoms with Crippen LogP contribution >= 0.6 is 22.6 Å². The Morgan fingerprint density at radius 3 is 2.60 bits per heavy atom. The van der Waals surface area contributed by atoms with Gasteiger partial charge in [-0.3, -0.25) is 14.9 Å². The molecule has 2 aromatic rings. The van der Waals surface area contributed by atoms with Crippen molar-refractivity contribution < 1.29 is 14.1 Å². The van der Waals surface area contributed by atoms with Gasteiger partial charge in [-0.1, -0.05) is 12.1 Å². The molecule has 0 saturated carbocycles. The lowest BCUT2D eigenvalue weighted by molar-refractivity contribution is -0.387. The number of nitrogens with zero attached hydrogens (tertiary/aromatic N) is 1. The molecule has 1 amide bonds. The number of rotatable bonds is 3. The number of nitrogens with one attached hydrogen (secondary N) is 1. The van der Waals surface area contributed by atoms with Gasteiger partial charge in [0.25, 0.3) is 5.91 Å². The van der Waals surface area contributed by atoms with Crippen molar-refractivity contribution in [2.75, 3.05) is 5.32 Å². The van der Waals surface area contributed by atoms with Gasteiger partial charge in [-0.2, -0.15) is 4.39 Å². The third kappa shape index (κ3) is 3.10. The summed E-state index contributed by atoms with van der Waals surface area (Å²) >= 11 is 2.01. The van der Waals surface area contributed by atoms with Crippen molar-refractivity contribution in [3.63, 3.8) is 0 Å². The fourth-order valence-corrected chi connectivity index (χ4v) is 2.21. The zero-order valence-electron chi connectivity index (χ0n) is 9.97. The second kappa shape index (κ2) is 5.95. The normalized spacial score (nSPS) is 10.1. The highest BCUT2D eigenvalue weighted by atomic mass is 127. The lowest BCUT2D eigenvalue weighted by atomic mass is 10.2. The number of benzene rings is 2. The summed E-state index contributed by atoms with van der Waals surface area (Å²) in [4.78, 5) is 21.8. The Labute approximate surface area is 127 Å². The number of hydrogen-bond donors (Lipinski definition) is 1. The Morgan fingerprint density at radius 2 is 1.95 bits per heavy atom. The fourth-order valence-electron chi connectivity index (χ4n) is 1.57. The van der Waals surface area contributed by atoms with Crippen molar-refractivity contribution in [1.29, 1.82) is 0 Å². The summed E-state index contributed by atoms with van der Waals surface area (Å²) in [6.45, 7) is 0. The molecule has 7 heteroatoms. The predicted molar refractivity (Wildman–Crippen MR) is 80.2 cm³/mol. The smallest absolute Gasteiger partial charge is 0.306 e. The van der Waals surface area contributed by atoms with Crippen molar-refractivity contribution in [2.45, 2.75) is 0 Å². The van der Waals surface area contributed by atoms with E-state index in [0.717, 1.165) is 15.7 Å². The van der Waals surface area contributed by atoms with Gasteiger partial charge >= 0.3 is 5.69 Å². The molecular weight excluding hydrogens is 378 g/mol. The SMILES string of the molecule is O=C(Nc1ccc(F)c([N+](=O)[O-])c1)c1ccccc1I. The summed E-state index contributed by atoms with van der Waals surface area (Å²) in [6.07, 6.45) is 0. The van der Waals surface area contributed by atoms with Crippen LogP contribution in [0.4, 0.5) is 15.8 Å². The number of nitro benzene ring substituents is 1. The van der Waals surface area contributed by atoms with E-state index in [9.17, 15) is 19.3 Å². The number of amides is 1. The van der Waals surface area contributed by atoms with Crippen molar-refractivity contribution in [3.8, 4) is 0 Å². The Balaban J connectivity index is 2.27. The number of halogens is 2. The number of nitro groups is 1.